The monoisotopic (exact) mass is 675 g/mol. The summed E-state index contributed by atoms with van der Waals surface area (Å²) in [5, 5.41) is 26.0. The highest BCUT2D eigenvalue weighted by atomic mass is 16.6. The molecular formula is C38H49N3O8. The van der Waals surface area contributed by atoms with Gasteiger partial charge in [-0.25, -0.2) is 9.59 Å². The first-order valence-corrected chi connectivity index (χ1v) is 16.3. The third-order valence-electron chi connectivity index (χ3n) is 7.28. The topological polar surface area (TPSA) is 154 Å². The number of benzene rings is 3. The summed E-state index contributed by atoms with van der Waals surface area (Å²) < 4.78 is 11.1. The number of nitrogens with zero attached hydrogens (tertiary/aromatic N) is 1. The molecule has 4 N–H and O–H groups in total. The highest BCUT2D eigenvalue weighted by Gasteiger charge is 2.38. The molecule has 11 nitrogen and oxygen atoms in total. The molecule has 0 aliphatic heterocycles. The molecule has 0 heterocycles. The Morgan fingerprint density at radius 3 is 1.78 bits per heavy atom. The molecule has 3 rings (SSSR count). The molecule has 0 aromatic heterocycles. The fourth-order valence-electron chi connectivity index (χ4n) is 5.16. The Balaban J connectivity index is 2.10. The van der Waals surface area contributed by atoms with Gasteiger partial charge in [0.2, 0.25) is 11.8 Å². The zero-order chi connectivity index (χ0) is 36.4. The fourth-order valence-corrected chi connectivity index (χ4v) is 5.16. The van der Waals surface area contributed by atoms with Crippen molar-refractivity contribution in [2.45, 2.75) is 90.6 Å². The van der Waals surface area contributed by atoms with Crippen molar-refractivity contribution in [2.75, 3.05) is 13.2 Å². The second kappa shape index (κ2) is 17.0. The molecule has 264 valence electrons. The second-order valence-corrected chi connectivity index (χ2v) is 13.9. The zero-order valence-corrected chi connectivity index (χ0v) is 29.4. The predicted octanol–water partition coefficient (Wildman–Crippen LogP) is 4.77. The third-order valence-corrected chi connectivity index (χ3v) is 7.28. The largest absolute Gasteiger partial charge is 0.508 e. The van der Waals surface area contributed by atoms with Crippen LogP contribution in [0.3, 0.4) is 0 Å². The van der Waals surface area contributed by atoms with E-state index >= 15 is 0 Å². The van der Waals surface area contributed by atoms with E-state index in [1.807, 2.05) is 36.4 Å². The van der Waals surface area contributed by atoms with Crippen molar-refractivity contribution in [1.82, 2.24) is 15.5 Å². The summed E-state index contributed by atoms with van der Waals surface area (Å²) in [6.07, 6.45) is -0.675. The number of aryl methyl sites for hydroxylation is 1. The number of carbonyl (C=O) groups excluding carboxylic acids is 4. The second-order valence-electron chi connectivity index (χ2n) is 13.9. The normalized spacial score (nSPS) is 13.4. The molecule has 3 atom stereocenters. The number of aliphatic hydroxyl groups excluding tert-OH is 1. The van der Waals surface area contributed by atoms with E-state index in [1.54, 1.807) is 78.8 Å². The van der Waals surface area contributed by atoms with Gasteiger partial charge in [0, 0.05) is 19.4 Å². The number of amides is 3. The van der Waals surface area contributed by atoms with Crippen LogP contribution in [0.25, 0.3) is 0 Å². The molecule has 0 saturated heterocycles. The molecule has 3 aromatic carbocycles. The van der Waals surface area contributed by atoms with E-state index in [0.29, 0.717) is 11.1 Å². The van der Waals surface area contributed by atoms with Crippen LogP contribution in [0.2, 0.25) is 0 Å². The van der Waals surface area contributed by atoms with E-state index in [2.05, 4.69) is 10.6 Å². The van der Waals surface area contributed by atoms with Crippen molar-refractivity contribution in [3.8, 4) is 5.75 Å². The maximum Gasteiger partial charge on any atom is 0.408 e. The van der Waals surface area contributed by atoms with E-state index in [0.717, 1.165) is 11.1 Å². The molecule has 0 aliphatic carbocycles. The fraction of sp³-hybridized carbons (Fsp3) is 0.421. The number of hydrogen-bond donors (Lipinski definition) is 4. The lowest BCUT2D eigenvalue weighted by Crippen LogP contribution is -2.56. The van der Waals surface area contributed by atoms with Crippen LogP contribution >= 0.6 is 0 Å². The minimum atomic E-state index is -1.39. The van der Waals surface area contributed by atoms with Crippen LogP contribution in [0.15, 0.2) is 78.9 Å². The summed E-state index contributed by atoms with van der Waals surface area (Å²) in [6.45, 7) is 11.1. The summed E-state index contributed by atoms with van der Waals surface area (Å²) in [4.78, 5) is 56.6. The van der Waals surface area contributed by atoms with Crippen LogP contribution in [0, 0.1) is 6.92 Å². The Kier molecular flexibility index (Phi) is 13.3. The summed E-state index contributed by atoms with van der Waals surface area (Å²) in [7, 11) is 0. The Labute approximate surface area is 288 Å². The average molecular weight is 676 g/mol. The number of aliphatic hydroxyl groups is 1. The Hall–Kier alpha value is -4.90. The number of carbonyl (C=O) groups is 4. The van der Waals surface area contributed by atoms with Gasteiger partial charge in [0.05, 0.1) is 6.61 Å². The number of aromatic hydroxyl groups is 1. The van der Waals surface area contributed by atoms with Gasteiger partial charge in [-0.1, -0.05) is 66.7 Å². The highest BCUT2D eigenvalue weighted by Crippen LogP contribution is 2.28. The van der Waals surface area contributed by atoms with Gasteiger partial charge in [0.25, 0.3) is 0 Å². The first kappa shape index (κ1) is 38.5. The maximum atomic E-state index is 14.5. The number of nitrogens with one attached hydrogen (secondary N) is 2. The summed E-state index contributed by atoms with van der Waals surface area (Å²) in [6, 6.07) is 18.9. The van der Waals surface area contributed by atoms with Crippen molar-refractivity contribution in [1.29, 1.82) is 0 Å². The van der Waals surface area contributed by atoms with Crippen molar-refractivity contribution in [2.24, 2.45) is 0 Å². The van der Waals surface area contributed by atoms with Gasteiger partial charge < -0.3 is 35.2 Å². The zero-order valence-electron chi connectivity index (χ0n) is 29.4. The minimum absolute atomic E-state index is 0.0211. The standard InChI is InChI=1S/C38H49N3O8/c1-25-22-28(18-19-31(25)43)32(33(44)39-30(35(46)48-37(2,3)4)24-27-16-12-9-13-17-27)41(20-21-42)34(45)29(23-26-14-10-8-11-15-26)40-36(47)49-38(5,6)7/h8-19,22,29-30,32,42-43H,20-21,23-24H2,1-7H3,(H,39,44)(H,40,47). The molecule has 3 aromatic rings. The van der Waals surface area contributed by atoms with E-state index < -0.39 is 59.8 Å². The first-order chi connectivity index (χ1) is 23.0. The lowest BCUT2D eigenvalue weighted by molar-refractivity contribution is -0.159. The highest BCUT2D eigenvalue weighted by molar-refractivity contribution is 5.94. The molecule has 11 heteroatoms. The smallest absolute Gasteiger partial charge is 0.408 e. The van der Waals surface area contributed by atoms with Gasteiger partial charge in [0.1, 0.15) is 35.1 Å². The van der Waals surface area contributed by atoms with Gasteiger partial charge >= 0.3 is 12.1 Å². The van der Waals surface area contributed by atoms with Gasteiger partial charge in [-0.3, -0.25) is 9.59 Å². The summed E-state index contributed by atoms with van der Waals surface area (Å²) in [5.74, 6) is -2.09. The number of rotatable bonds is 13. The van der Waals surface area contributed by atoms with Crippen molar-refractivity contribution < 1.29 is 38.9 Å². The van der Waals surface area contributed by atoms with Crippen LogP contribution in [0.4, 0.5) is 4.79 Å². The molecule has 3 amide bonds. The summed E-state index contributed by atoms with van der Waals surface area (Å²) >= 11 is 0. The van der Waals surface area contributed by atoms with E-state index in [-0.39, 0.29) is 25.1 Å². The SMILES string of the molecule is Cc1cc(C(C(=O)NC(Cc2ccccc2)C(=O)OC(C)(C)C)N(CCO)C(=O)C(Cc2ccccc2)NC(=O)OC(C)(C)C)ccc1O. The molecular weight excluding hydrogens is 626 g/mol. The number of esters is 1. The number of phenols is 1. The van der Waals surface area contributed by atoms with Gasteiger partial charge in [0.15, 0.2) is 0 Å². The Morgan fingerprint density at radius 1 is 0.755 bits per heavy atom. The minimum Gasteiger partial charge on any atom is -0.508 e. The average Bonchev–Trinajstić information content (AvgIpc) is 3.01. The third kappa shape index (κ3) is 12.2. The molecule has 0 saturated carbocycles. The van der Waals surface area contributed by atoms with E-state index in [4.69, 9.17) is 9.47 Å². The quantitative estimate of drug-likeness (QED) is 0.189. The van der Waals surface area contributed by atoms with Gasteiger partial charge in [-0.05, 0) is 82.9 Å². The molecule has 0 radical (unpaired) electrons. The molecule has 0 fully saturated rings. The van der Waals surface area contributed by atoms with Crippen molar-refractivity contribution in [3.63, 3.8) is 0 Å². The number of alkyl carbamates (subject to hydrolysis) is 1. The lowest BCUT2D eigenvalue weighted by Gasteiger charge is -2.35. The van der Waals surface area contributed by atoms with Crippen LogP contribution in [0.1, 0.15) is 69.8 Å². The van der Waals surface area contributed by atoms with Crippen molar-refractivity contribution in [3.05, 3.63) is 101 Å². The predicted molar refractivity (Wildman–Crippen MR) is 186 cm³/mol. The number of phenolic OH excluding ortho intramolecular Hbond substituents is 1. The van der Waals surface area contributed by atoms with Crippen LogP contribution in [-0.4, -0.2) is 75.4 Å². The summed E-state index contributed by atoms with van der Waals surface area (Å²) in [5.41, 5.74) is 0.552. The molecule has 0 aliphatic rings. The van der Waals surface area contributed by atoms with E-state index in [1.165, 1.54) is 17.0 Å². The maximum absolute atomic E-state index is 14.5. The van der Waals surface area contributed by atoms with Crippen molar-refractivity contribution >= 4 is 23.9 Å². The first-order valence-electron chi connectivity index (χ1n) is 16.3. The Morgan fingerprint density at radius 2 is 1.29 bits per heavy atom. The van der Waals surface area contributed by atoms with Crippen LogP contribution < -0.4 is 10.6 Å². The lowest BCUT2D eigenvalue weighted by atomic mass is 9.98. The van der Waals surface area contributed by atoms with Crippen LogP contribution in [-0.2, 0) is 36.7 Å². The van der Waals surface area contributed by atoms with Crippen LogP contribution in [0.5, 0.6) is 5.75 Å². The molecule has 0 bridgehead atoms. The number of ether oxygens (including phenoxy) is 2. The molecule has 0 spiro atoms. The van der Waals surface area contributed by atoms with E-state index in [9.17, 15) is 29.4 Å². The van der Waals surface area contributed by atoms with Gasteiger partial charge in [-0.15, -0.1) is 0 Å². The van der Waals surface area contributed by atoms with Gasteiger partial charge in [-0.2, -0.15) is 0 Å². The Bertz CT molecular complexity index is 1570. The number of hydrogen-bond acceptors (Lipinski definition) is 8. The molecule has 49 heavy (non-hydrogen) atoms. The molecule has 3 unspecified atom stereocenters.